The Hall–Kier alpha value is -0.480. The van der Waals surface area contributed by atoms with Crippen LogP contribution in [0.5, 0.6) is 0 Å². The lowest BCUT2D eigenvalue weighted by atomic mass is 10.0. The van der Waals surface area contributed by atoms with Crippen LogP contribution in [-0.2, 0) is 0 Å². The summed E-state index contributed by atoms with van der Waals surface area (Å²) in [6.45, 7) is 6.43. The van der Waals surface area contributed by atoms with E-state index in [-0.39, 0.29) is 0 Å². The molecule has 0 aromatic heterocycles. The first-order valence-electron chi connectivity index (χ1n) is 4.82. The maximum atomic E-state index is 5.21. The summed E-state index contributed by atoms with van der Waals surface area (Å²) in [5.74, 6) is 3.44. The van der Waals surface area contributed by atoms with Crippen molar-refractivity contribution in [3.63, 3.8) is 0 Å². The lowest BCUT2D eigenvalue weighted by Gasteiger charge is -2.18. The van der Waals surface area contributed by atoms with Crippen LogP contribution in [0.3, 0.4) is 0 Å². The Bertz CT molecular complexity index is 134. The molecule has 0 aromatic carbocycles. The molecule has 0 heterocycles. The van der Waals surface area contributed by atoms with E-state index in [1.54, 1.807) is 0 Å². The van der Waals surface area contributed by atoms with Gasteiger partial charge in [0.25, 0.3) is 0 Å². The molecular formula is C11H21N. The van der Waals surface area contributed by atoms with Crippen LogP contribution >= 0.6 is 0 Å². The van der Waals surface area contributed by atoms with Crippen LogP contribution in [-0.4, -0.2) is 25.0 Å². The second-order valence-electron chi connectivity index (χ2n) is 3.65. The standard InChI is InChI=1S/C11H21N/c1-5-7-8-11(3)10-12(4)9-6-2/h2,11H,5,7-10H2,1,3-4H3/t11-/m1/s1. The van der Waals surface area contributed by atoms with E-state index < -0.39 is 0 Å². The van der Waals surface area contributed by atoms with Gasteiger partial charge in [-0.1, -0.05) is 32.6 Å². The van der Waals surface area contributed by atoms with Gasteiger partial charge in [-0.05, 0) is 19.4 Å². The van der Waals surface area contributed by atoms with Crippen molar-refractivity contribution < 1.29 is 0 Å². The van der Waals surface area contributed by atoms with Gasteiger partial charge in [-0.15, -0.1) is 6.42 Å². The summed E-state index contributed by atoms with van der Waals surface area (Å²) in [6.07, 6.45) is 9.17. The molecule has 0 bridgehead atoms. The molecule has 70 valence electrons. The SMILES string of the molecule is C#CCN(C)C[C@H](C)CCCC. The van der Waals surface area contributed by atoms with Crippen molar-refractivity contribution in [2.75, 3.05) is 20.1 Å². The number of hydrogen-bond donors (Lipinski definition) is 0. The fourth-order valence-electron chi connectivity index (χ4n) is 1.40. The Balaban J connectivity index is 3.41. The van der Waals surface area contributed by atoms with Gasteiger partial charge in [0.2, 0.25) is 0 Å². The average Bonchev–Trinajstić information content (AvgIpc) is 2.01. The van der Waals surface area contributed by atoms with Gasteiger partial charge in [-0.2, -0.15) is 0 Å². The van der Waals surface area contributed by atoms with Gasteiger partial charge in [-0.3, -0.25) is 4.90 Å². The Morgan fingerprint density at radius 2 is 2.17 bits per heavy atom. The zero-order chi connectivity index (χ0) is 9.40. The second kappa shape index (κ2) is 7.18. The van der Waals surface area contributed by atoms with E-state index in [0.29, 0.717) is 0 Å². The van der Waals surface area contributed by atoms with E-state index in [0.717, 1.165) is 19.0 Å². The minimum Gasteiger partial charge on any atom is -0.295 e. The zero-order valence-corrected chi connectivity index (χ0v) is 8.64. The third-order valence-electron chi connectivity index (χ3n) is 2.04. The molecule has 1 atom stereocenters. The summed E-state index contributed by atoms with van der Waals surface area (Å²) in [5, 5.41) is 0. The molecule has 0 N–H and O–H groups in total. The van der Waals surface area contributed by atoms with Crippen molar-refractivity contribution in [2.24, 2.45) is 5.92 Å². The summed E-state index contributed by atoms with van der Waals surface area (Å²) in [5.41, 5.74) is 0. The van der Waals surface area contributed by atoms with Gasteiger partial charge in [0.05, 0.1) is 6.54 Å². The van der Waals surface area contributed by atoms with E-state index in [1.165, 1.54) is 19.3 Å². The van der Waals surface area contributed by atoms with Crippen molar-refractivity contribution in [1.29, 1.82) is 0 Å². The van der Waals surface area contributed by atoms with Gasteiger partial charge in [0.1, 0.15) is 0 Å². The molecule has 0 aliphatic carbocycles. The quantitative estimate of drug-likeness (QED) is 0.549. The van der Waals surface area contributed by atoms with Crippen LogP contribution in [0.4, 0.5) is 0 Å². The van der Waals surface area contributed by atoms with Gasteiger partial charge >= 0.3 is 0 Å². The maximum Gasteiger partial charge on any atom is 0.0596 e. The molecule has 1 heteroatoms. The minimum atomic E-state index is 0.774. The third-order valence-corrected chi connectivity index (χ3v) is 2.04. The molecule has 0 saturated heterocycles. The number of nitrogens with zero attached hydrogens (tertiary/aromatic N) is 1. The number of terminal acetylenes is 1. The van der Waals surface area contributed by atoms with Crippen LogP contribution in [0.25, 0.3) is 0 Å². The fraction of sp³-hybridized carbons (Fsp3) is 0.818. The predicted octanol–water partition coefficient (Wildman–Crippen LogP) is 2.38. The van der Waals surface area contributed by atoms with Crippen molar-refractivity contribution in [3.8, 4) is 12.3 Å². The van der Waals surface area contributed by atoms with Crippen molar-refractivity contribution in [2.45, 2.75) is 33.1 Å². The first-order chi connectivity index (χ1) is 5.70. The molecule has 12 heavy (non-hydrogen) atoms. The zero-order valence-electron chi connectivity index (χ0n) is 8.64. The van der Waals surface area contributed by atoms with E-state index >= 15 is 0 Å². The second-order valence-corrected chi connectivity index (χ2v) is 3.65. The minimum absolute atomic E-state index is 0.774. The van der Waals surface area contributed by atoms with Crippen molar-refractivity contribution in [1.82, 2.24) is 4.90 Å². The molecule has 1 nitrogen and oxygen atoms in total. The number of hydrogen-bond acceptors (Lipinski definition) is 1. The van der Waals surface area contributed by atoms with Gasteiger partial charge in [-0.25, -0.2) is 0 Å². The van der Waals surface area contributed by atoms with Crippen molar-refractivity contribution in [3.05, 3.63) is 0 Å². The van der Waals surface area contributed by atoms with Crippen LogP contribution in [0.15, 0.2) is 0 Å². The van der Waals surface area contributed by atoms with Crippen LogP contribution < -0.4 is 0 Å². The van der Waals surface area contributed by atoms with Gasteiger partial charge < -0.3 is 0 Å². The van der Waals surface area contributed by atoms with Crippen LogP contribution in [0.1, 0.15) is 33.1 Å². The lowest BCUT2D eigenvalue weighted by Crippen LogP contribution is -2.24. The highest BCUT2D eigenvalue weighted by Crippen LogP contribution is 2.08. The largest absolute Gasteiger partial charge is 0.295 e. The monoisotopic (exact) mass is 167 g/mol. The molecule has 0 spiro atoms. The summed E-state index contributed by atoms with van der Waals surface area (Å²) in [4.78, 5) is 2.21. The highest BCUT2D eigenvalue weighted by atomic mass is 15.1. The lowest BCUT2D eigenvalue weighted by molar-refractivity contribution is 0.302. The Morgan fingerprint density at radius 3 is 2.67 bits per heavy atom. The first kappa shape index (κ1) is 11.5. The van der Waals surface area contributed by atoms with E-state index in [1.807, 2.05) is 0 Å². The van der Waals surface area contributed by atoms with E-state index in [4.69, 9.17) is 6.42 Å². The van der Waals surface area contributed by atoms with Gasteiger partial charge in [0.15, 0.2) is 0 Å². The summed E-state index contributed by atoms with van der Waals surface area (Å²) in [6, 6.07) is 0. The summed E-state index contributed by atoms with van der Waals surface area (Å²) in [7, 11) is 2.09. The smallest absolute Gasteiger partial charge is 0.0596 e. The molecule has 0 rings (SSSR count). The topological polar surface area (TPSA) is 3.24 Å². The van der Waals surface area contributed by atoms with E-state index in [9.17, 15) is 0 Å². The fourth-order valence-corrected chi connectivity index (χ4v) is 1.40. The van der Waals surface area contributed by atoms with E-state index in [2.05, 4.69) is 31.7 Å². The molecule has 0 unspecified atom stereocenters. The Kier molecular flexibility index (Phi) is 6.90. The molecule has 0 radical (unpaired) electrons. The van der Waals surface area contributed by atoms with Gasteiger partial charge in [0, 0.05) is 6.54 Å². The van der Waals surface area contributed by atoms with Crippen LogP contribution in [0.2, 0.25) is 0 Å². The number of rotatable bonds is 6. The predicted molar refractivity (Wildman–Crippen MR) is 55.0 cm³/mol. The summed E-state index contributed by atoms with van der Waals surface area (Å²) < 4.78 is 0. The molecular weight excluding hydrogens is 146 g/mol. The molecule has 0 amide bonds. The Morgan fingerprint density at radius 1 is 1.50 bits per heavy atom. The van der Waals surface area contributed by atoms with Crippen LogP contribution in [0, 0.1) is 18.3 Å². The third kappa shape index (κ3) is 6.24. The molecule has 0 aliphatic heterocycles. The maximum absolute atomic E-state index is 5.21. The molecule has 0 aliphatic rings. The molecule has 0 fully saturated rings. The van der Waals surface area contributed by atoms with Crippen molar-refractivity contribution >= 4 is 0 Å². The normalized spacial score (nSPS) is 12.9. The highest BCUT2D eigenvalue weighted by Gasteiger charge is 2.03. The Labute approximate surface area is 77.1 Å². The average molecular weight is 167 g/mol. The molecule has 0 aromatic rings. The highest BCUT2D eigenvalue weighted by molar-refractivity contribution is 4.87. The summed E-state index contributed by atoms with van der Waals surface area (Å²) >= 11 is 0. The molecule has 0 saturated carbocycles. The first-order valence-corrected chi connectivity index (χ1v) is 4.82. The number of unbranched alkanes of at least 4 members (excludes halogenated alkanes) is 1.